The number of amides is 1. The van der Waals surface area contributed by atoms with E-state index in [1.807, 2.05) is 42.5 Å². The number of benzene rings is 1. The van der Waals surface area contributed by atoms with Gasteiger partial charge in [-0.3, -0.25) is 4.79 Å². The van der Waals surface area contributed by atoms with Crippen LogP contribution in [-0.2, 0) is 11.3 Å². The third-order valence-electron chi connectivity index (χ3n) is 5.24. The Bertz CT molecular complexity index is 747. The van der Waals surface area contributed by atoms with Crippen molar-refractivity contribution in [1.82, 2.24) is 15.6 Å². The molecule has 5 heteroatoms. The van der Waals surface area contributed by atoms with Crippen LogP contribution in [0.3, 0.4) is 0 Å². The molecule has 2 heterocycles. The van der Waals surface area contributed by atoms with Crippen LogP contribution in [0.2, 0.25) is 0 Å². The van der Waals surface area contributed by atoms with Gasteiger partial charge in [0.25, 0.3) is 0 Å². The van der Waals surface area contributed by atoms with Gasteiger partial charge in [0.05, 0.1) is 5.41 Å². The van der Waals surface area contributed by atoms with E-state index < -0.39 is 0 Å². The average Bonchev–Trinajstić information content (AvgIpc) is 3.12. The molecule has 0 saturated carbocycles. The van der Waals surface area contributed by atoms with E-state index in [-0.39, 0.29) is 16.7 Å². The summed E-state index contributed by atoms with van der Waals surface area (Å²) in [6, 6.07) is 13.3. The Morgan fingerprint density at radius 2 is 2.04 bits per heavy atom. The summed E-state index contributed by atoms with van der Waals surface area (Å²) >= 11 is 0. The highest BCUT2D eigenvalue weighted by molar-refractivity contribution is 5.84. The van der Waals surface area contributed by atoms with E-state index in [1.54, 1.807) is 6.20 Å². The number of hydrogen-bond donors (Lipinski definition) is 2. The van der Waals surface area contributed by atoms with Gasteiger partial charge in [-0.1, -0.05) is 39.0 Å². The van der Waals surface area contributed by atoms with Crippen molar-refractivity contribution in [3.63, 3.8) is 0 Å². The summed E-state index contributed by atoms with van der Waals surface area (Å²) in [5, 5.41) is 6.46. The fraction of sp³-hybridized carbons (Fsp3) is 0.429. The summed E-state index contributed by atoms with van der Waals surface area (Å²) < 4.78 is 5.77. The number of carbonyl (C=O) groups is 1. The molecule has 2 aromatic rings. The Balaban J connectivity index is 1.66. The molecule has 0 spiro atoms. The van der Waals surface area contributed by atoms with Gasteiger partial charge >= 0.3 is 0 Å². The third kappa shape index (κ3) is 3.88. The van der Waals surface area contributed by atoms with Gasteiger partial charge in [-0.15, -0.1) is 0 Å². The van der Waals surface area contributed by atoms with E-state index in [4.69, 9.17) is 4.74 Å². The first-order valence-corrected chi connectivity index (χ1v) is 9.08. The van der Waals surface area contributed by atoms with Crippen LogP contribution in [-0.4, -0.2) is 24.0 Å². The number of hydrogen-bond acceptors (Lipinski definition) is 4. The van der Waals surface area contributed by atoms with Gasteiger partial charge in [0, 0.05) is 25.4 Å². The molecule has 2 N–H and O–H groups in total. The molecule has 26 heavy (non-hydrogen) atoms. The standard InChI is InChI=1S/C21H27N3O2/c1-20(2,3)21(10-12-22-15-21)19(25)24-14-16-9-11-23-18(13-16)26-17-7-5-4-6-8-17/h4-9,11,13,22H,10,12,14-15H2,1-3H3,(H,24,25). The van der Waals surface area contributed by atoms with Crippen LogP contribution >= 0.6 is 0 Å². The Morgan fingerprint density at radius 3 is 2.69 bits per heavy atom. The summed E-state index contributed by atoms with van der Waals surface area (Å²) in [6.07, 6.45) is 2.57. The number of carbonyl (C=O) groups excluding carboxylic acids is 1. The summed E-state index contributed by atoms with van der Waals surface area (Å²) in [4.78, 5) is 17.2. The van der Waals surface area contributed by atoms with Crippen molar-refractivity contribution >= 4 is 5.91 Å². The predicted octanol–water partition coefficient (Wildman–Crippen LogP) is 3.52. The lowest BCUT2D eigenvalue weighted by atomic mass is 9.65. The van der Waals surface area contributed by atoms with E-state index in [0.717, 1.165) is 30.8 Å². The molecule has 3 rings (SSSR count). The fourth-order valence-electron chi connectivity index (χ4n) is 3.44. The van der Waals surface area contributed by atoms with Crippen molar-refractivity contribution in [2.24, 2.45) is 10.8 Å². The summed E-state index contributed by atoms with van der Waals surface area (Å²) in [7, 11) is 0. The second-order valence-corrected chi connectivity index (χ2v) is 7.86. The molecular weight excluding hydrogens is 326 g/mol. The second-order valence-electron chi connectivity index (χ2n) is 7.86. The van der Waals surface area contributed by atoms with Crippen molar-refractivity contribution in [3.05, 3.63) is 54.2 Å². The van der Waals surface area contributed by atoms with E-state index in [2.05, 4.69) is 36.4 Å². The zero-order valence-corrected chi connectivity index (χ0v) is 15.7. The molecule has 1 atom stereocenters. The number of ether oxygens (including phenoxy) is 1. The monoisotopic (exact) mass is 353 g/mol. The first-order chi connectivity index (χ1) is 12.4. The molecule has 0 bridgehead atoms. The topological polar surface area (TPSA) is 63.2 Å². The molecule has 0 aliphatic carbocycles. The summed E-state index contributed by atoms with van der Waals surface area (Å²) in [6.45, 7) is 8.48. The van der Waals surface area contributed by atoms with Crippen molar-refractivity contribution in [2.45, 2.75) is 33.7 Å². The quantitative estimate of drug-likeness (QED) is 0.863. The lowest BCUT2D eigenvalue weighted by molar-refractivity contribution is -0.136. The van der Waals surface area contributed by atoms with Crippen LogP contribution in [0.25, 0.3) is 0 Å². The lowest BCUT2D eigenvalue weighted by Gasteiger charge is -2.39. The van der Waals surface area contributed by atoms with Crippen LogP contribution in [0, 0.1) is 10.8 Å². The highest BCUT2D eigenvalue weighted by Gasteiger charge is 2.49. The summed E-state index contributed by atoms with van der Waals surface area (Å²) in [5.74, 6) is 1.37. The van der Waals surface area contributed by atoms with Crippen LogP contribution < -0.4 is 15.4 Å². The number of pyridine rings is 1. The van der Waals surface area contributed by atoms with Gasteiger partial charge < -0.3 is 15.4 Å². The molecular formula is C21H27N3O2. The van der Waals surface area contributed by atoms with Crippen molar-refractivity contribution in [3.8, 4) is 11.6 Å². The fourth-order valence-corrected chi connectivity index (χ4v) is 3.44. The first-order valence-electron chi connectivity index (χ1n) is 9.08. The Kier molecular flexibility index (Phi) is 5.28. The maximum atomic E-state index is 13.0. The van der Waals surface area contributed by atoms with Crippen LogP contribution in [0.15, 0.2) is 48.7 Å². The highest BCUT2D eigenvalue weighted by atomic mass is 16.5. The van der Waals surface area contributed by atoms with Crippen molar-refractivity contribution < 1.29 is 9.53 Å². The zero-order valence-electron chi connectivity index (χ0n) is 15.7. The number of rotatable bonds is 5. The number of nitrogens with zero attached hydrogens (tertiary/aromatic N) is 1. The van der Waals surface area contributed by atoms with Crippen molar-refractivity contribution in [1.29, 1.82) is 0 Å². The Morgan fingerprint density at radius 1 is 1.27 bits per heavy atom. The number of aromatic nitrogens is 1. The van der Waals surface area contributed by atoms with E-state index in [0.29, 0.717) is 12.4 Å². The molecule has 1 amide bonds. The van der Waals surface area contributed by atoms with Crippen LogP contribution in [0.5, 0.6) is 11.6 Å². The molecule has 1 fully saturated rings. The predicted molar refractivity (Wildman–Crippen MR) is 102 cm³/mol. The number of para-hydroxylation sites is 1. The molecule has 1 aliphatic heterocycles. The minimum atomic E-state index is -0.372. The summed E-state index contributed by atoms with van der Waals surface area (Å²) in [5.41, 5.74) is 0.498. The van der Waals surface area contributed by atoms with Gasteiger partial charge in [0.2, 0.25) is 11.8 Å². The minimum absolute atomic E-state index is 0.0968. The normalized spacial score (nSPS) is 20.0. The Hall–Kier alpha value is -2.40. The SMILES string of the molecule is CC(C)(C)C1(C(=O)NCc2ccnc(Oc3ccccc3)c2)CCNC1. The average molecular weight is 353 g/mol. The van der Waals surface area contributed by atoms with Gasteiger partial charge in [-0.25, -0.2) is 4.98 Å². The smallest absolute Gasteiger partial charge is 0.228 e. The molecule has 1 saturated heterocycles. The molecule has 1 aromatic carbocycles. The van der Waals surface area contributed by atoms with E-state index >= 15 is 0 Å². The lowest BCUT2D eigenvalue weighted by Crippen LogP contribution is -2.50. The molecule has 138 valence electrons. The van der Waals surface area contributed by atoms with Gasteiger partial charge in [-0.2, -0.15) is 0 Å². The molecule has 5 nitrogen and oxygen atoms in total. The Labute approximate surface area is 155 Å². The van der Waals surface area contributed by atoms with E-state index in [1.165, 1.54) is 0 Å². The molecule has 0 radical (unpaired) electrons. The van der Waals surface area contributed by atoms with Gasteiger partial charge in [-0.05, 0) is 42.1 Å². The first kappa shape index (κ1) is 18.4. The van der Waals surface area contributed by atoms with Crippen LogP contribution in [0.1, 0.15) is 32.8 Å². The number of nitrogens with one attached hydrogen (secondary N) is 2. The van der Waals surface area contributed by atoms with Gasteiger partial charge in [0.15, 0.2) is 0 Å². The third-order valence-corrected chi connectivity index (χ3v) is 5.24. The molecule has 1 aliphatic rings. The minimum Gasteiger partial charge on any atom is -0.439 e. The van der Waals surface area contributed by atoms with Gasteiger partial charge in [0.1, 0.15) is 5.75 Å². The maximum absolute atomic E-state index is 13.0. The van der Waals surface area contributed by atoms with E-state index in [9.17, 15) is 4.79 Å². The molecule has 1 aromatic heterocycles. The zero-order chi connectivity index (χ0) is 18.6. The second kappa shape index (κ2) is 7.46. The maximum Gasteiger partial charge on any atom is 0.228 e. The van der Waals surface area contributed by atoms with Crippen molar-refractivity contribution in [2.75, 3.05) is 13.1 Å². The molecule has 1 unspecified atom stereocenters. The highest BCUT2D eigenvalue weighted by Crippen LogP contribution is 2.43. The largest absolute Gasteiger partial charge is 0.439 e. The van der Waals surface area contributed by atoms with Crippen LogP contribution in [0.4, 0.5) is 0 Å².